The summed E-state index contributed by atoms with van der Waals surface area (Å²) in [5, 5.41) is 3.96. The van der Waals surface area contributed by atoms with Crippen LogP contribution in [0.25, 0.3) is 0 Å². The van der Waals surface area contributed by atoms with Gasteiger partial charge in [-0.05, 0) is 75.1 Å². The number of hydrogen-bond acceptors (Lipinski definition) is 40. The standard InChI is InChI=1S/C46H44S40/c1-47-17-18(48-2)68-37(67-17)41-75-25(55-9)29(79-41)59-13-63-33-34(64-14-60-30-26(56-10)76-42(80-30)38-69-19(49-3)20(50-4)70-38)84-45(83-33)46-85-35(65-15-61-31-27(57-11)77-43(81-31)39-71-21(51-5)22(52-6)72-39)36(86-46)66-16-62-32-28(58-12)78-44(82-32)40-73-23(53-7)24(54-8)74-40/h13-16H2,1-12H3. The Morgan fingerprint density at radius 1 is 0.140 bits per heavy atom. The zero-order chi connectivity index (χ0) is 60.4. The molecule has 0 aromatic heterocycles. The lowest BCUT2D eigenvalue weighted by molar-refractivity contribution is 2.17. The summed E-state index contributed by atoms with van der Waals surface area (Å²) in [6, 6.07) is 0. The summed E-state index contributed by atoms with van der Waals surface area (Å²) in [7, 11) is 0. The van der Waals surface area contributed by atoms with Gasteiger partial charge in [0.25, 0.3) is 0 Å². The Morgan fingerprint density at radius 2 is 0.221 bits per heavy atom. The van der Waals surface area contributed by atoms with Crippen LogP contribution >= 0.6 is 470 Å². The van der Waals surface area contributed by atoms with Crippen molar-refractivity contribution in [3.63, 3.8) is 0 Å². The Labute approximate surface area is 680 Å². The monoisotopic (exact) mass is 1880 g/mol. The molecule has 468 valence electrons. The highest BCUT2D eigenvalue weighted by Crippen LogP contribution is 2.73. The van der Waals surface area contributed by atoms with Crippen LogP contribution in [0.3, 0.4) is 0 Å². The first kappa shape index (κ1) is 78.7. The topological polar surface area (TPSA) is 0 Å². The molecule has 0 unspecified atom stereocenters. The highest BCUT2D eigenvalue weighted by molar-refractivity contribution is 8.52. The lowest BCUT2D eigenvalue weighted by Crippen LogP contribution is -1.77. The van der Waals surface area contributed by atoms with Crippen molar-refractivity contribution in [2.75, 3.05) is 95.4 Å². The van der Waals surface area contributed by atoms with Gasteiger partial charge in [0, 0.05) is 20.3 Å². The van der Waals surface area contributed by atoms with Gasteiger partial charge < -0.3 is 0 Å². The second-order valence-electron chi connectivity index (χ2n) is 14.7. The third-order valence-corrected chi connectivity index (χ3v) is 66.5. The molecule has 10 aliphatic rings. The predicted octanol–water partition coefficient (Wildman–Crippen LogP) is 32.7. The van der Waals surface area contributed by atoms with E-state index in [4.69, 9.17) is 0 Å². The van der Waals surface area contributed by atoms with Crippen LogP contribution in [0.2, 0.25) is 0 Å². The maximum Gasteiger partial charge on any atom is 0.0717 e. The van der Waals surface area contributed by atoms with Crippen molar-refractivity contribution in [1.82, 2.24) is 0 Å². The van der Waals surface area contributed by atoms with Crippen LogP contribution in [0.4, 0.5) is 0 Å². The van der Waals surface area contributed by atoms with Gasteiger partial charge in [-0.15, -0.1) is 235 Å². The van der Waals surface area contributed by atoms with Gasteiger partial charge in [0.15, 0.2) is 0 Å². The lowest BCUT2D eigenvalue weighted by atomic mass is 11.2. The summed E-state index contributed by atoms with van der Waals surface area (Å²) >= 11 is 79.1. The molecule has 0 aliphatic carbocycles. The number of hydrogen-bond donors (Lipinski definition) is 0. The van der Waals surface area contributed by atoms with Gasteiger partial charge in [-0.3, -0.25) is 0 Å². The van der Waals surface area contributed by atoms with Crippen LogP contribution in [0, 0.1) is 0 Å². The first-order valence-corrected chi connectivity index (χ1v) is 62.1. The van der Waals surface area contributed by atoms with Gasteiger partial charge >= 0.3 is 0 Å². The molecule has 40 heteroatoms. The molecular formula is C46H44S40. The van der Waals surface area contributed by atoms with Crippen LogP contribution in [0.5, 0.6) is 0 Å². The van der Waals surface area contributed by atoms with Crippen molar-refractivity contribution in [1.29, 1.82) is 0 Å². The molecule has 0 amide bonds. The van der Waals surface area contributed by atoms with Crippen LogP contribution in [0.15, 0.2) is 127 Å². The van der Waals surface area contributed by atoms with Crippen molar-refractivity contribution < 1.29 is 0 Å². The molecule has 10 aliphatic heterocycles. The largest absolute Gasteiger partial charge is 0.121 e. The fourth-order valence-corrected chi connectivity index (χ4v) is 63.3. The summed E-state index contributed by atoms with van der Waals surface area (Å²) in [5.74, 6) is 0. The van der Waals surface area contributed by atoms with Crippen molar-refractivity contribution in [3.8, 4) is 0 Å². The average molecular weight is 1880 g/mol. The van der Waals surface area contributed by atoms with Gasteiger partial charge in [0.05, 0.1) is 127 Å². The normalized spacial score (nSPS) is 21.9. The molecular weight excluding hydrogens is 1840 g/mol. The molecule has 0 saturated heterocycles. The predicted molar refractivity (Wildman–Crippen MR) is 500 cm³/mol. The molecule has 0 aromatic rings. The Hall–Kier alpha value is 10.1. The van der Waals surface area contributed by atoms with Crippen LogP contribution in [-0.4, -0.2) is 95.4 Å². The molecule has 0 nitrogen and oxygen atoms in total. The van der Waals surface area contributed by atoms with Gasteiger partial charge in [-0.25, -0.2) is 0 Å². The minimum Gasteiger partial charge on any atom is -0.121 e. The van der Waals surface area contributed by atoms with E-state index in [9.17, 15) is 0 Å². The van der Waals surface area contributed by atoms with E-state index in [-0.39, 0.29) is 0 Å². The maximum atomic E-state index is 2.25. The minimum absolute atomic E-state index is 0.991. The molecule has 0 radical (unpaired) electrons. The molecule has 0 saturated carbocycles. The molecule has 0 N–H and O–H groups in total. The van der Waals surface area contributed by atoms with E-state index in [0.29, 0.717) is 0 Å². The number of rotatable bonds is 28. The molecule has 0 atom stereocenters. The van der Waals surface area contributed by atoms with Crippen molar-refractivity contribution >= 4 is 470 Å². The second-order valence-corrected chi connectivity index (χ2v) is 62.1. The van der Waals surface area contributed by atoms with Gasteiger partial charge in [-0.2, -0.15) is 0 Å². The lowest BCUT2D eigenvalue weighted by Gasteiger charge is -2.07. The number of thioether (sulfide) groups is 40. The van der Waals surface area contributed by atoms with E-state index in [1.54, 1.807) is 0 Å². The Bertz CT molecular complexity index is 2700. The zero-order valence-electron chi connectivity index (χ0n) is 46.2. The molecule has 0 fully saturated rings. The van der Waals surface area contributed by atoms with Crippen LogP contribution in [-0.2, 0) is 0 Å². The Morgan fingerprint density at radius 3 is 0.326 bits per heavy atom. The van der Waals surface area contributed by atoms with E-state index in [0.717, 1.165) is 20.3 Å². The van der Waals surface area contributed by atoms with Gasteiger partial charge in [-0.1, -0.05) is 235 Å². The van der Waals surface area contributed by atoms with Crippen molar-refractivity contribution in [3.05, 3.63) is 127 Å². The quantitative estimate of drug-likeness (QED) is 0.0682. The summed E-state index contributed by atoms with van der Waals surface area (Å²) in [5.41, 5.74) is 0. The van der Waals surface area contributed by atoms with Gasteiger partial charge in [0.2, 0.25) is 0 Å². The summed E-state index contributed by atoms with van der Waals surface area (Å²) in [6.45, 7) is 0. The van der Waals surface area contributed by atoms with E-state index in [2.05, 4.69) is 122 Å². The summed E-state index contributed by atoms with van der Waals surface area (Å²) < 4.78 is 43.6. The highest BCUT2D eigenvalue weighted by atomic mass is 32.3. The molecule has 10 heterocycles. The van der Waals surface area contributed by atoms with E-state index in [1.165, 1.54) is 127 Å². The SMILES string of the molecule is CSC1=C(SC)SC(=C2SC(SC)=C(SCSC3=C(SCSC4=C(SC)SC(=C5SC(SC)=C(SC)S5)S4)SC(=C4SC(SCSC5=C(SC)SC(=C6SC(SC)=C(SC)S6)S5)=C(SCSC5=C(SC)SC(=C6SC(SC)=C(SC)S6)S5)S4)S3)S2)S1. The van der Waals surface area contributed by atoms with Crippen molar-refractivity contribution in [2.24, 2.45) is 0 Å². The Kier molecular flexibility index (Phi) is 37.1. The molecule has 86 heavy (non-hydrogen) atoms. The molecule has 0 aromatic carbocycles. The Balaban J connectivity index is 0.857. The van der Waals surface area contributed by atoms with Crippen LogP contribution < -0.4 is 0 Å². The second kappa shape index (κ2) is 40.6. The molecule has 0 bridgehead atoms. The average Bonchev–Trinajstić information content (AvgIpc) is 4.54. The third-order valence-electron chi connectivity index (χ3n) is 9.95. The summed E-state index contributed by atoms with van der Waals surface area (Å²) in [6.07, 6.45) is 26.7. The fraction of sp³-hybridized carbons (Fsp3) is 0.348. The van der Waals surface area contributed by atoms with Gasteiger partial charge in [0.1, 0.15) is 0 Å². The molecule has 10 rings (SSSR count). The van der Waals surface area contributed by atoms with Crippen molar-refractivity contribution in [2.45, 2.75) is 0 Å². The highest BCUT2D eigenvalue weighted by Gasteiger charge is 2.37. The molecule has 0 spiro atoms. The smallest absolute Gasteiger partial charge is 0.0717 e. The van der Waals surface area contributed by atoms with Crippen LogP contribution in [0.1, 0.15) is 0 Å². The van der Waals surface area contributed by atoms with E-state index >= 15 is 0 Å². The fourth-order valence-electron chi connectivity index (χ4n) is 6.31. The minimum atomic E-state index is 0.991. The van der Waals surface area contributed by atoms with E-state index < -0.39 is 0 Å². The summed E-state index contributed by atoms with van der Waals surface area (Å²) in [4.78, 5) is 0. The maximum absolute atomic E-state index is 2.25. The first-order valence-electron chi connectivity index (χ1n) is 23.2. The zero-order valence-corrected chi connectivity index (χ0v) is 78.8. The first-order chi connectivity index (χ1) is 42.0. The third kappa shape index (κ3) is 20.8. The van der Waals surface area contributed by atoms with E-state index in [1.807, 2.05) is 423 Å².